The summed E-state index contributed by atoms with van der Waals surface area (Å²) in [4.78, 5) is 29.1. The topological polar surface area (TPSA) is 78.6 Å². The van der Waals surface area contributed by atoms with Crippen molar-refractivity contribution < 1.29 is 19.1 Å². The molecule has 7 atom stereocenters. The number of allylic oxidation sites excluding steroid dienone is 4. The van der Waals surface area contributed by atoms with Crippen molar-refractivity contribution in [1.82, 2.24) is 0 Å². The second kappa shape index (κ2) is 11.5. The Morgan fingerprint density at radius 3 is 2.72 bits per heavy atom. The standard InChI is InChI=1S/C41H53NO4/c1-3-11-34-40-32-22-21-29-26(2)12-7-18-30(29)31(32)23-24-39(40,35(45-38(40)44)20-8-15-27-13-5-4-6-14-27)41(34)33-19-9-16-28(17-10-25-42)36(33)37(43)46-41/h7,9,16,18-20,26-27,29-30,34H,3-6,8,10-15,17,21-25,42H2,1-2H3/t26-,29-,30-,34+,39+,40-,41-/m0/s1. The number of esters is 2. The highest BCUT2D eigenvalue weighted by Crippen LogP contribution is 2.87. The van der Waals surface area contributed by atoms with E-state index in [-0.39, 0.29) is 17.9 Å². The van der Waals surface area contributed by atoms with Gasteiger partial charge in [0.25, 0.3) is 0 Å². The molecule has 5 aliphatic carbocycles. The number of hydrogen-bond acceptors (Lipinski definition) is 5. The summed E-state index contributed by atoms with van der Waals surface area (Å²) in [7, 11) is 0. The lowest BCUT2D eigenvalue weighted by Crippen LogP contribution is -2.77. The molecule has 46 heavy (non-hydrogen) atoms. The number of benzene rings is 1. The summed E-state index contributed by atoms with van der Waals surface area (Å²) in [5, 5.41) is 0. The minimum absolute atomic E-state index is 0.0669. The van der Waals surface area contributed by atoms with Crippen LogP contribution in [0.3, 0.4) is 0 Å². The van der Waals surface area contributed by atoms with E-state index in [1.54, 1.807) is 0 Å². The Morgan fingerprint density at radius 1 is 1.07 bits per heavy atom. The quantitative estimate of drug-likeness (QED) is 0.231. The third kappa shape index (κ3) is 3.84. The molecule has 0 bridgehead atoms. The molecule has 7 aliphatic rings. The van der Waals surface area contributed by atoms with Crippen molar-refractivity contribution in [3.05, 3.63) is 70.0 Å². The van der Waals surface area contributed by atoms with Crippen LogP contribution < -0.4 is 5.73 Å². The molecular weight excluding hydrogens is 570 g/mol. The molecule has 0 unspecified atom stereocenters. The molecule has 5 nitrogen and oxygen atoms in total. The molecule has 1 spiro atoms. The van der Waals surface area contributed by atoms with E-state index < -0.39 is 16.4 Å². The van der Waals surface area contributed by atoms with Crippen molar-refractivity contribution in [1.29, 1.82) is 0 Å². The number of hydrogen-bond donors (Lipinski definition) is 1. The van der Waals surface area contributed by atoms with Gasteiger partial charge in [-0.05, 0) is 100 Å². The molecule has 2 N–H and O–H groups in total. The number of rotatable bonds is 8. The van der Waals surface area contributed by atoms with Crippen LogP contribution in [-0.2, 0) is 26.3 Å². The van der Waals surface area contributed by atoms with Gasteiger partial charge in [0, 0.05) is 17.4 Å². The lowest BCUT2D eigenvalue weighted by Gasteiger charge is -2.71. The number of fused-ring (bicyclic) bond motifs is 4. The van der Waals surface area contributed by atoms with Crippen LogP contribution in [0.2, 0.25) is 0 Å². The zero-order valence-corrected chi connectivity index (χ0v) is 28.1. The van der Waals surface area contributed by atoms with Gasteiger partial charge < -0.3 is 15.2 Å². The van der Waals surface area contributed by atoms with Crippen LogP contribution in [0, 0.1) is 40.4 Å². The largest absolute Gasteiger partial charge is 0.449 e. The van der Waals surface area contributed by atoms with Crippen LogP contribution in [0.4, 0.5) is 0 Å². The molecule has 5 heteroatoms. The molecule has 1 aromatic carbocycles. The highest BCUT2D eigenvalue weighted by atomic mass is 16.6. The molecule has 2 heterocycles. The predicted octanol–water partition coefficient (Wildman–Crippen LogP) is 8.86. The van der Waals surface area contributed by atoms with Gasteiger partial charge in [-0.15, -0.1) is 0 Å². The first-order chi connectivity index (χ1) is 22.5. The summed E-state index contributed by atoms with van der Waals surface area (Å²) in [6.07, 6.45) is 24.1. The molecule has 0 aromatic heterocycles. The second-order valence-electron chi connectivity index (χ2n) is 15.8. The molecule has 3 fully saturated rings. The Bertz CT molecular complexity index is 1510. The Balaban J connectivity index is 1.31. The molecule has 2 saturated carbocycles. The Labute approximate surface area is 275 Å². The minimum atomic E-state index is -0.887. The van der Waals surface area contributed by atoms with Crippen LogP contribution in [0.1, 0.15) is 132 Å². The zero-order valence-electron chi connectivity index (χ0n) is 28.1. The number of carbonyl (C=O) groups is 2. The Morgan fingerprint density at radius 2 is 1.91 bits per heavy atom. The number of carbonyl (C=O) groups excluding carboxylic acids is 2. The van der Waals surface area contributed by atoms with Crippen LogP contribution in [0.5, 0.6) is 0 Å². The minimum Gasteiger partial charge on any atom is -0.449 e. The molecule has 246 valence electrons. The van der Waals surface area contributed by atoms with Crippen LogP contribution >= 0.6 is 0 Å². The van der Waals surface area contributed by atoms with E-state index in [0.29, 0.717) is 24.3 Å². The van der Waals surface area contributed by atoms with Crippen molar-refractivity contribution in [2.75, 3.05) is 6.54 Å². The van der Waals surface area contributed by atoms with Gasteiger partial charge in [0.1, 0.15) is 11.2 Å². The van der Waals surface area contributed by atoms with E-state index in [0.717, 1.165) is 99.0 Å². The molecule has 2 aliphatic heterocycles. The van der Waals surface area contributed by atoms with Gasteiger partial charge in [-0.1, -0.05) is 93.9 Å². The third-order valence-electron chi connectivity index (χ3n) is 13.9. The maximum Gasteiger partial charge on any atom is 0.339 e. The maximum absolute atomic E-state index is 14.9. The average Bonchev–Trinajstić information content (AvgIpc) is 3.52. The van der Waals surface area contributed by atoms with E-state index in [4.69, 9.17) is 15.2 Å². The number of nitrogens with two attached hydrogens (primary N) is 1. The summed E-state index contributed by atoms with van der Waals surface area (Å²) in [5.41, 5.74) is 9.21. The van der Waals surface area contributed by atoms with Crippen molar-refractivity contribution in [3.8, 4) is 0 Å². The Kier molecular flexibility index (Phi) is 7.66. The van der Waals surface area contributed by atoms with Crippen molar-refractivity contribution >= 4 is 11.9 Å². The van der Waals surface area contributed by atoms with Gasteiger partial charge in [-0.3, -0.25) is 4.79 Å². The van der Waals surface area contributed by atoms with Crippen molar-refractivity contribution in [2.24, 2.45) is 46.2 Å². The normalized spacial score (nSPS) is 38.5. The first kappa shape index (κ1) is 30.7. The van der Waals surface area contributed by atoms with E-state index in [1.807, 2.05) is 0 Å². The molecule has 0 amide bonds. The van der Waals surface area contributed by atoms with Gasteiger partial charge in [-0.2, -0.15) is 0 Å². The van der Waals surface area contributed by atoms with Crippen LogP contribution in [0.25, 0.3) is 0 Å². The van der Waals surface area contributed by atoms with Gasteiger partial charge in [0.05, 0.1) is 11.0 Å². The SMILES string of the molecule is CCC[C@@H]1[C@@]23C(=O)OC(=CCCC4CCCCC4)[C@@]2(CCC2=C3CC[C@@H]3[C@@H]2C=CC[C@@H]3C)[C@@]12OC(=O)c1c(CCCN)cccc12. The van der Waals surface area contributed by atoms with E-state index in [2.05, 4.69) is 50.3 Å². The molecule has 0 radical (unpaired) electrons. The summed E-state index contributed by atoms with van der Waals surface area (Å²) in [5.74, 6) is 2.85. The predicted molar refractivity (Wildman–Crippen MR) is 180 cm³/mol. The lowest BCUT2D eigenvalue weighted by molar-refractivity contribution is -0.277. The second-order valence-corrected chi connectivity index (χ2v) is 15.8. The molecule has 1 saturated heterocycles. The van der Waals surface area contributed by atoms with Crippen molar-refractivity contribution in [3.63, 3.8) is 0 Å². The molecular formula is C41H53NO4. The lowest BCUT2D eigenvalue weighted by atomic mass is 9.28. The van der Waals surface area contributed by atoms with Gasteiger partial charge >= 0.3 is 11.9 Å². The van der Waals surface area contributed by atoms with Crippen LogP contribution in [0.15, 0.2) is 53.3 Å². The number of ether oxygens (including phenoxy) is 2. The smallest absolute Gasteiger partial charge is 0.339 e. The summed E-state index contributed by atoms with van der Waals surface area (Å²) in [6, 6.07) is 6.32. The first-order valence-electron chi connectivity index (χ1n) is 18.8. The van der Waals surface area contributed by atoms with E-state index in [9.17, 15) is 9.59 Å². The molecule has 8 rings (SSSR count). The summed E-state index contributed by atoms with van der Waals surface area (Å²) < 4.78 is 13.6. The number of aryl methyl sites for hydroxylation is 1. The maximum atomic E-state index is 14.9. The third-order valence-corrected chi connectivity index (χ3v) is 13.9. The highest BCUT2D eigenvalue weighted by molar-refractivity contribution is 6.00. The Hall–Kier alpha value is -2.66. The zero-order chi connectivity index (χ0) is 31.7. The number of cyclic esters (lactones) is 1. The van der Waals surface area contributed by atoms with Gasteiger partial charge in [-0.25, -0.2) is 4.79 Å². The monoisotopic (exact) mass is 623 g/mol. The van der Waals surface area contributed by atoms with Crippen molar-refractivity contribution in [2.45, 2.75) is 122 Å². The van der Waals surface area contributed by atoms with Crippen LogP contribution in [-0.4, -0.2) is 18.5 Å². The highest BCUT2D eigenvalue weighted by Gasteiger charge is 2.92. The first-order valence-corrected chi connectivity index (χ1v) is 18.8. The fraction of sp³-hybridized carbons (Fsp3) is 0.659. The summed E-state index contributed by atoms with van der Waals surface area (Å²) >= 11 is 0. The van der Waals surface area contributed by atoms with E-state index >= 15 is 0 Å². The van der Waals surface area contributed by atoms with E-state index in [1.165, 1.54) is 43.3 Å². The van der Waals surface area contributed by atoms with Gasteiger partial charge in [0.2, 0.25) is 0 Å². The summed E-state index contributed by atoms with van der Waals surface area (Å²) in [6.45, 7) is 5.20. The molecule has 1 aromatic rings. The fourth-order valence-electron chi connectivity index (χ4n) is 12.2. The fourth-order valence-corrected chi connectivity index (χ4v) is 12.2. The van der Waals surface area contributed by atoms with Gasteiger partial charge in [0.15, 0.2) is 5.60 Å². The average molecular weight is 624 g/mol.